The summed E-state index contributed by atoms with van der Waals surface area (Å²) < 4.78 is 15.1. The van der Waals surface area contributed by atoms with E-state index in [9.17, 15) is 19.2 Å². The molecule has 1 N–H and O–H groups in total. The van der Waals surface area contributed by atoms with Crippen molar-refractivity contribution in [1.82, 2.24) is 15.1 Å². The van der Waals surface area contributed by atoms with Gasteiger partial charge < -0.3 is 19.9 Å². The van der Waals surface area contributed by atoms with Crippen LogP contribution in [0.2, 0.25) is 0 Å². The van der Waals surface area contributed by atoms with Gasteiger partial charge in [-0.15, -0.1) is 0 Å². The number of carbonyl (C=O) groups is 4. The minimum absolute atomic E-state index is 0.0213. The van der Waals surface area contributed by atoms with E-state index in [1.807, 2.05) is 4.90 Å². The molecule has 1 aromatic rings. The maximum absolute atomic E-state index is 15.1. The van der Waals surface area contributed by atoms with Crippen LogP contribution in [0.4, 0.5) is 10.1 Å². The van der Waals surface area contributed by atoms with E-state index in [4.69, 9.17) is 0 Å². The van der Waals surface area contributed by atoms with E-state index in [1.54, 1.807) is 18.2 Å². The van der Waals surface area contributed by atoms with Crippen LogP contribution in [0.15, 0.2) is 18.2 Å². The molecule has 1 aromatic carbocycles. The molecule has 3 aliphatic heterocycles. The van der Waals surface area contributed by atoms with E-state index in [0.717, 1.165) is 42.8 Å². The van der Waals surface area contributed by atoms with Crippen molar-refractivity contribution >= 4 is 29.7 Å². The molecular weight excluding hydrogens is 439 g/mol. The van der Waals surface area contributed by atoms with Gasteiger partial charge in [0.05, 0.1) is 11.1 Å². The van der Waals surface area contributed by atoms with Crippen molar-refractivity contribution in [3.8, 4) is 0 Å². The van der Waals surface area contributed by atoms with E-state index in [2.05, 4.69) is 10.2 Å². The lowest BCUT2D eigenvalue weighted by atomic mass is 9.93. The molecule has 0 bridgehead atoms. The number of hydrogen-bond donors (Lipinski definition) is 1. The Kier molecular flexibility index (Phi) is 6.14. The Morgan fingerprint density at radius 2 is 1.91 bits per heavy atom. The van der Waals surface area contributed by atoms with Crippen LogP contribution in [0.3, 0.4) is 0 Å². The summed E-state index contributed by atoms with van der Waals surface area (Å²) in [7, 11) is 1.43. The molecule has 0 spiro atoms. The van der Waals surface area contributed by atoms with Crippen LogP contribution >= 0.6 is 0 Å². The molecule has 34 heavy (non-hydrogen) atoms. The molecule has 3 fully saturated rings. The number of rotatable bonds is 8. The highest BCUT2D eigenvalue weighted by Gasteiger charge is 2.46. The van der Waals surface area contributed by atoms with Crippen molar-refractivity contribution in [2.24, 2.45) is 17.8 Å². The maximum atomic E-state index is 15.1. The summed E-state index contributed by atoms with van der Waals surface area (Å²) in [4.78, 5) is 54.6. The largest absolute Gasteiger partial charge is 0.369 e. The van der Waals surface area contributed by atoms with Gasteiger partial charge >= 0.3 is 0 Å². The number of amides is 3. The second-order valence-electron chi connectivity index (χ2n) is 10.1. The third-order valence-electron chi connectivity index (χ3n) is 7.91. The number of nitrogens with one attached hydrogen (secondary N) is 1. The molecule has 9 heteroatoms. The molecule has 3 heterocycles. The van der Waals surface area contributed by atoms with Gasteiger partial charge in [-0.1, -0.05) is 0 Å². The van der Waals surface area contributed by atoms with Crippen molar-refractivity contribution < 1.29 is 23.6 Å². The van der Waals surface area contributed by atoms with Gasteiger partial charge in [0.25, 0.3) is 11.8 Å². The molecule has 8 nitrogen and oxygen atoms in total. The number of carbonyl (C=O) groups excluding carboxylic acids is 4. The number of fused-ring (bicyclic) bond motifs is 2. The number of likely N-dealkylation sites (tertiary alicyclic amines) is 1. The smallest absolute Gasteiger partial charge is 0.262 e. The van der Waals surface area contributed by atoms with E-state index >= 15 is 4.39 Å². The minimum atomic E-state index is -1.05. The highest BCUT2D eigenvalue weighted by molar-refractivity contribution is 6.23. The number of likely N-dealkylation sites (N-methyl/N-ethyl adjacent to an activating group) is 1. The molecule has 182 valence electrons. The van der Waals surface area contributed by atoms with E-state index in [0.29, 0.717) is 18.5 Å². The summed E-state index contributed by atoms with van der Waals surface area (Å²) in [6.45, 7) is 3.99. The number of halogens is 1. The summed E-state index contributed by atoms with van der Waals surface area (Å²) in [5.41, 5.74) is 1.15. The predicted octanol–water partition coefficient (Wildman–Crippen LogP) is 1.49. The van der Waals surface area contributed by atoms with Crippen LogP contribution in [0.1, 0.15) is 46.4 Å². The predicted molar refractivity (Wildman–Crippen MR) is 123 cm³/mol. The molecule has 1 aliphatic carbocycles. The first kappa shape index (κ1) is 23.0. The van der Waals surface area contributed by atoms with Crippen molar-refractivity contribution in [2.45, 2.75) is 37.9 Å². The average molecular weight is 471 g/mol. The summed E-state index contributed by atoms with van der Waals surface area (Å²) in [6.07, 6.45) is 1.92. The molecule has 0 radical (unpaired) electrons. The van der Waals surface area contributed by atoms with Crippen LogP contribution in [0.25, 0.3) is 0 Å². The number of benzene rings is 1. The van der Waals surface area contributed by atoms with Crippen LogP contribution < -0.4 is 10.2 Å². The molecule has 1 saturated carbocycles. The Labute approximate surface area is 198 Å². The van der Waals surface area contributed by atoms with Gasteiger partial charge in [0.15, 0.2) is 0 Å². The molecule has 4 aliphatic rings. The van der Waals surface area contributed by atoms with Crippen LogP contribution in [0.5, 0.6) is 0 Å². The lowest BCUT2D eigenvalue weighted by molar-refractivity contribution is -0.124. The molecule has 3 amide bonds. The fraction of sp³-hybridized carbons (Fsp3) is 0.600. The molecule has 4 unspecified atom stereocenters. The van der Waals surface area contributed by atoms with Crippen molar-refractivity contribution in [2.75, 3.05) is 44.7 Å². The first-order chi connectivity index (χ1) is 16.4. The lowest BCUT2D eigenvalue weighted by Gasteiger charge is -2.38. The first-order valence-corrected chi connectivity index (χ1v) is 12.2. The summed E-state index contributed by atoms with van der Waals surface area (Å²) >= 11 is 0. The summed E-state index contributed by atoms with van der Waals surface area (Å²) in [5, 5.41) is 2.47. The van der Waals surface area contributed by atoms with Gasteiger partial charge in [-0.3, -0.25) is 19.3 Å². The third kappa shape index (κ3) is 4.10. The highest BCUT2D eigenvalue weighted by Crippen LogP contribution is 2.45. The number of aldehydes is 1. The Morgan fingerprint density at radius 1 is 1.18 bits per heavy atom. The van der Waals surface area contributed by atoms with Gasteiger partial charge in [0.1, 0.15) is 18.5 Å². The number of imide groups is 1. The van der Waals surface area contributed by atoms with E-state index < -0.39 is 29.9 Å². The van der Waals surface area contributed by atoms with Crippen LogP contribution in [-0.2, 0) is 9.59 Å². The molecule has 5 rings (SSSR count). The SMILES string of the molecule is CNC(=O)C(CCC=O)N1C(=O)c2ccc(N3CC[C@H](CN4CC5CC5C4)C(F)C3)cc2C1=O. The van der Waals surface area contributed by atoms with Crippen molar-refractivity contribution in [1.29, 1.82) is 0 Å². The number of alkyl halides is 1. The van der Waals surface area contributed by atoms with Crippen molar-refractivity contribution in [3.05, 3.63) is 29.3 Å². The topological polar surface area (TPSA) is 90.0 Å². The minimum Gasteiger partial charge on any atom is -0.369 e. The monoisotopic (exact) mass is 470 g/mol. The highest BCUT2D eigenvalue weighted by atomic mass is 19.1. The molecule has 5 atom stereocenters. The average Bonchev–Trinajstić information content (AvgIpc) is 3.37. The number of nitrogens with zero attached hydrogens (tertiary/aromatic N) is 3. The number of anilines is 1. The zero-order valence-corrected chi connectivity index (χ0v) is 19.4. The van der Waals surface area contributed by atoms with Gasteiger partial charge in [0.2, 0.25) is 5.91 Å². The van der Waals surface area contributed by atoms with Gasteiger partial charge in [-0.2, -0.15) is 0 Å². The maximum Gasteiger partial charge on any atom is 0.262 e. The van der Waals surface area contributed by atoms with E-state index in [1.165, 1.54) is 13.5 Å². The van der Waals surface area contributed by atoms with Gasteiger partial charge in [-0.05, 0) is 49.3 Å². The van der Waals surface area contributed by atoms with Crippen LogP contribution in [0, 0.1) is 17.8 Å². The lowest BCUT2D eigenvalue weighted by Crippen LogP contribution is -2.48. The molecule has 2 saturated heterocycles. The normalized spacial score (nSPS) is 29.1. The van der Waals surface area contributed by atoms with E-state index in [-0.39, 0.29) is 36.4 Å². The Hall–Kier alpha value is -2.81. The Morgan fingerprint density at radius 3 is 2.59 bits per heavy atom. The molecule has 0 aromatic heterocycles. The third-order valence-corrected chi connectivity index (χ3v) is 7.91. The fourth-order valence-corrected chi connectivity index (χ4v) is 5.87. The summed E-state index contributed by atoms with van der Waals surface area (Å²) in [5.74, 6) is 0.108. The van der Waals surface area contributed by atoms with Crippen molar-refractivity contribution in [3.63, 3.8) is 0 Å². The zero-order valence-electron chi connectivity index (χ0n) is 19.4. The summed E-state index contributed by atoms with van der Waals surface area (Å²) in [6, 6.07) is 3.92. The first-order valence-electron chi connectivity index (χ1n) is 12.2. The van der Waals surface area contributed by atoms with Crippen LogP contribution in [-0.4, -0.2) is 85.8 Å². The Bertz CT molecular complexity index is 1010. The van der Waals surface area contributed by atoms with Gasteiger partial charge in [0, 0.05) is 57.8 Å². The second-order valence-corrected chi connectivity index (χ2v) is 10.1. The number of piperidine rings is 2. The number of hydrogen-bond acceptors (Lipinski definition) is 6. The Balaban J connectivity index is 1.28. The van der Waals surface area contributed by atoms with Gasteiger partial charge in [-0.25, -0.2) is 4.39 Å². The molecular formula is C25H31FN4O4. The standard InChI is InChI=1S/C25H31FN4O4/c1-27-23(32)22(3-2-8-31)30-24(33)19-5-4-18(10-20(19)25(30)34)29-7-6-15(21(26)14-29)11-28-12-16-9-17(16)13-28/h4-5,8,10,15-17,21-22H,2-3,6-7,9,11-14H2,1H3,(H,27,32)/t15-,16?,17?,21?,22?/m1/s1. The fourth-order valence-electron chi connectivity index (χ4n) is 5.87. The quantitative estimate of drug-likeness (QED) is 0.458. The zero-order chi connectivity index (χ0) is 24.0. The second kappa shape index (κ2) is 9.09.